The predicted molar refractivity (Wildman–Crippen MR) is 85.1 cm³/mol. The van der Waals surface area contributed by atoms with Gasteiger partial charge in [0.2, 0.25) is 0 Å². The van der Waals surface area contributed by atoms with Gasteiger partial charge in [-0.05, 0) is 51.8 Å². The maximum Gasteiger partial charge on any atom is 0.329 e. The van der Waals surface area contributed by atoms with Crippen LogP contribution in [0.15, 0.2) is 18.2 Å². The zero-order chi connectivity index (χ0) is 17.0. The highest BCUT2D eigenvalue weighted by Crippen LogP contribution is 2.33. The van der Waals surface area contributed by atoms with E-state index in [0.29, 0.717) is 49.7 Å². The van der Waals surface area contributed by atoms with Crippen molar-refractivity contribution in [1.82, 2.24) is 4.90 Å². The molecule has 0 spiro atoms. The molecular formula is C17H23NO5. The first-order valence-corrected chi connectivity index (χ1v) is 7.89. The first-order valence-electron chi connectivity index (χ1n) is 7.89. The zero-order valence-corrected chi connectivity index (χ0v) is 13.8. The highest BCUT2D eigenvalue weighted by Gasteiger charge is 2.46. The van der Waals surface area contributed by atoms with Gasteiger partial charge >= 0.3 is 5.97 Å². The first kappa shape index (κ1) is 17.1. The number of likely N-dealkylation sites (tertiary alicyclic amines) is 1. The predicted octanol–water partition coefficient (Wildman–Crippen LogP) is 2.56. The average molecular weight is 321 g/mol. The molecule has 1 aliphatic heterocycles. The Labute approximate surface area is 136 Å². The topological polar surface area (TPSA) is 76.1 Å². The van der Waals surface area contributed by atoms with E-state index in [1.165, 1.54) is 4.90 Å². The van der Waals surface area contributed by atoms with E-state index in [0.717, 1.165) is 0 Å². The SMILES string of the molecule is CCOc1ccc(C(=O)N2CCCC2(C)C(=O)O)cc1OCC. The molecule has 1 fully saturated rings. The number of benzene rings is 1. The van der Waals surface area contributed by atoms with Crippen molar-refractivity contribution in [3.05, 3.63) is 23.8 Å². The quantitative estimate of drug-likeness (QED) is 0.871. The molecule has 0 aromatic heterocycles. The van der Waals surface area contributed by atoms with Crippen LogP contribution < -0.4 is 9.47 Å². The van der Waals surface area contributed by atoms with Crippen LogP contribution in [0, 0.1) is 0 Å². The van der Waals surface area contributed by atoms with Crippen LogP contribution in [0.25, 0.3) is 0 Å². The lowest BCUT2D eigenvalue weighted by Gasteiger charge is -2.31. The number of carboxylic acids is 1. The first-order chi connectivity index (χ1) is 10.9. The molecule has 1 unspecified atom stereocenters. The summed E-state index contributed by atoms with van der Waals surface area (Å²) in [6, 6.07) is 4.96. The van der Waals surface area contributed by atoms with Crippen LogP contribution in [0.2, 0.25) is 0 Å². The maximum atomic E-state index is 12.8. The number of nitrogens with zero attached hydrogens (tertiary/aromatic N) is 1. The van der Waals surface area contributed by atoms with E-state index < -0.39 is 11.5 Å². The number of hydrogen-bond donors (Lipinski definition) is 1. The highest BCUT2D eigenvalue weighted by molar-refractivity contribution is 5.98. The molecular weight excluding hydrogens is 298 g/mol. The van der Waals surface area contributed by atoms with E-state index in [1.807, 2.05) is 13.8 Å². The number of amides is 1. The standard InChI is InChI=1S/C17H23NO5/c1-4-22-13-8-7-12(11-14(13)23-5-2)15(19)18-10-6-9-17(18,3)16(20)21/h7-8,11H,4-6,9-10H2,1-3H3,(H,20,21). The molecule has 126 valence electrons. The lowest BCUT2D eigenvalue weighted by atomic mass is 9.98. The van der Waals surface area contributed by atoms with Crippen LogP contribution in [0.1, 0.15) is 44.0 Å². The summed E-state index contributed by atoms with van der Waals surface area (Å²) in [5.41, 5.74) is -0.743. The van der Waals surface area contributed by atoms with Crippen molar-refractivity contribution >= 4 is 11.9 Å². The number of ether oxygens (including phenoxy) is 2. The molecule has 23 heavy (non-hydrogen) atoms. The Morgan fingerprint density at radius 3 is 2.48 bits per heavy atom. The molecule has 0 saturated carbocycles. The Morgan fingerprint density at radius 2 is 1.87 bits per heavy atom. The van der Waals surface area contributed by atoms with Gasteiger partial charge in [0.1, 0.15) is 5.54 Å². The highest BCUT2D eigenvalue weighted by atomic mass is 16.5. The fraction of sp³-hybridized carbons (Fsp3) is 0.529. The van der Waals surface area contributed by atoms with E-state index in [-0.39, 0.29) is 5.91 Å². The van der Waals surface area contributed by atoms with Gasteiger partial charge in [0.05, 0.1) is 13.2 Å². The minimum absolute atomic E-state index is 0.295. The van der Waals surface area contributed by atoms with Crippen molar-refractivity contribution in [2.75, 3.05) is 19.8 Å². The van der Waals surface area contributed by atoms with Crippen LogP contribution in [0.4, 0.5) is 0 Å². The monoisotopic (exact) mass is 321 g/mol. The third-order valence-corrected chi connectivity index (χ3v) is 4.14. The summed E-state index contributed by atoms with van der Waals surface area (Å²) < 4.78 is 11.0. The largest absolute Gasteiger partial charge is 0.490 e. The maximum absolute atomic E-state index is 12.8. The molecule has 1 heterocycles. The summed E-state index contributed by atoms with van der Waals surface area (Å²) in [7, 11) is 0. The molecule has 1 aromatic carbocycles. The number of carboxylic acid groups (broad SMARTS) is 1. The summed E-state index contributed by atoms with van der Waals surface area (Å²) in [6.07, 6.45) is 1.15. The molecule has 1 aromatic rings. The second-order valence-electron chi connectivity index (χ2n) is 5.67. The molecule has 1 atom stereocenters. The van der Waals surface area contributed by atoms with Gasteiger partial charge in [0, 0.05) is 12.1 Å². The van der Waals surface area contributed by atoms with Gasteiger partial charge in [0.25, 0.3) is 5.91 Å². The normalized spacial score (nSPS) is 20.4. The summed E-state index contributed by atoms with van der Waals surface area (Å²) in [6.45, 7) is 6.71. The Bertz CT molecular complexity index is 601. The smallest absolute Gasteiger partial charge is 0.329 e. The number of aliphatic carboxylic acids is 1. The minimum atomic E-state index is -1.15. The van der Waals surface area contributed by atoms with Crippen molar-refractivity contribution in [3.63, 3.8) is 0 Å². The molecule has 1 N–H and O–H groups in total. The Hall–Kier alpha value is -2.24. The number of carbonyl (C=O) groups is 2. The lowest BCUT2D eigenvalue weighted by molar-refractivity contribution is -0.147. The Balaban J connectivity index is 2.32. The second-order valence-corrected chi connectivity index (χ2v) is 5.67. The van der Waals surface area contributed by atoms with Crippen molar-refractivity contribution in [3.8, 4) is 11.5 Å². The van der Waals surface area contributed by atoms with Gasteiger partial charge in [-0.2, -0.15) is 0 Å². The summed E-state index contributed by atoms with van der Waals surface area (Å²) in [5.74, 6) is -0.194. The van der Waals surface area contributed by atoms with Crippen molar-refractivity contribution in [2.24, 2.45) is 0 Å². The molecule has 6 nitrogen and oxygen atoms in total. The molecule has 6 heteroatoms. The summed E-state index contributed by atoms with van der Waals surface area (Å²) >= 11 is 0. The third-order valence-electron chi connectivity index (χ3n) is 4.14. The van der Waals surface area contributed by atoms with Crippen molar-refractivity contribution < 1.29 is 24.2 Å². The van der Waals surface area contributed by atoms with Crippen molar-refractivity contribution in [2.45, 2.75) is 39.2 Å². The van der Waals surface area contributed by atoms with Crippen LogP contribution >= 0.6 is 0 Å². The molecule has 0 radical (unpaired) electrons. The molecule has 0 bridgehead atoms. The number of carbonyl (C=O) groups excluding carboxylic acids is 1. The van der Waals surface area contributed by atoms with E-state index in [4.69, 9.17) is 9.47 Å². The average Bonchev–Trinajstić information content (AvgIpc) is 2.92. The molecule has 2 rings (SSSR count). The van der Waals surface area contributed by atoms with Gasteiger partial charge in [-0.25, -0.2) is 4.79 Å². The number of rotatable bonds is 6. The summed E-state index contributed by atoms with van der Waals surface area (Å²) in [4.78, 5) is 25.7. The second kappa shape index (κ2) is 6.89. The fourth-order valence-electron chi connectivity index (χ4n) is 2.85. The van der Waals surface area contributed by atoms with E-state index in [9.17, 15) is 14.7 Å². The zero-order valence-electron chi connectivity index (χ0n) is 13.8. The van der Waals surface area contributed by atoms with Gasteiger partial charge in [-0.15, -0.1) is 0 Å². The van der Waals surface area contributed by atoms with E-state index >= 15 is 0 Å². The van der Waals surface area contributed by atoms with Gasteiger partial charge in [-0.1, -0.05) is 0 Å². The number of hydrogen-bond acceptors (Lipinski definition) is 4. The van der Waals surface area contributed by atoms with Crippen LogP contribution in [-0.2, 0) is 4.79 Å². The molecule has 1 saturated heterocycles. The molecule has 1 aliphatic rings. The molecule has 1 amide bonds. The van der Waals surface area contributed by atoms with Crippen LogP contribution in [0.3, 0.4) is 0 Å². The minimum Gasteiger partial charge on any atom is -0.490 e. The van der Waals surface area contributed by atoms with E-state index in [1.54, 1.807) is 25.1 Å². The van der Waals surface area contributed by atoms with Gasteiger partial charge < -0.3 is 19.5 Å². The van der Waals surface area contributed by atoms with Crippen LogP contribution in [-0.4, -0.2) is 47.2 Å². The Morgan fingerprint density at radius 1 is 1.22 bits per heavy atom. The lowest BCUT2D eigenvalue weighted by Crippen LogP contribution is -2.50. The summed E-state index contributed by atoms with van der Waals surface area (Å²) in [5, 5.41) is 9.45. The van der Waals surface area contributed by atoms with E-state index in [2.05, 4.69) is 0 Å². The van der Waals surface area contributed by atoms with Crippen LogP contribution in [0.5, 0.6) is 11.5 Å². The fourth-order valence-corrected chi connectivity index (χ4v) is 2.85. The Kier molecular flexibility index (Phi) is 5.13. The third kappa shape index (κ3) is 3.25. The van der Waals surface area contributed by atoms with Crippen molar-refractivity contribution in [1.29, 1.82) is 0 Å². The van der Waals surface area contributed by atoms with Gasteiger partial charge in [0.15, 0.2) is 11.5 Å². The molecule has 0 aliphatic carbocycles. The van der Waals surface area contributed by atoms with Gasteiger partial charge in [-0.3, -0.25) is 4.79 Å².